The van der Waals surface area contributed by atoms with E-state index >= 15 is 4.39 Å². The van der Waals surface area contributed by atoms with Crippen LogP contribution in [0.25, 0.3) is 0 Å². The van der Waals surface area contributed by atoms with E-state index in [0.29, 0.717) is 18.0 Å². The van der Waals surface area contributed by atoms with Gasteiger partial charge in [0.15, 0.2) is 0 Å². The highest BCUT2D eigenvalue weighted by molar-refractivity contribution is 6.09. The lowest BCUT2D eigenvalue weighted by Gasteiger charge is -2.33. The molecule has 1 saturated carbocycles. The predicted octanol–water partition coefficient (Wildman–Crippen LogP) is 5.46. The molecule has 1 aliphatic carbocycles. The molecule has 1 heterocycles. The second-order valence-electron chi connectivity index (χ2n) is 8.58. The number of nitrogens with zero attached hydrogens (tertiary/aromatic N) is 2. The van der Waals surface area contributed by atoms with Crippen molar-refractivity contribution in [2.45, 2.75) is 51.1 Å². The van der Waals surface area contributed by atoms with Gasteiger partial charge in [0.2, 0.25) is 5.91 Å². The van der Waals surface area contributed by atoms with Gasteiger partial charge in [-0.15, -0.1) is 0 Å². The highest BCUT2D eigenvalue weighted by Crippen LogP contribution is 2.32. The molecular formula is C28H30FN3O3. The first-order chi connectivity index (χ1) is 17.1. The van der Waals surface area contributed by atoms with Gasteiger partial charge >= 0.3 is 0 Å². The van der Waals surface area contributed by atoms with E-state index in [9.17, 15) is 9.59 Å². The number of hydrogen-bond acceptors (Lipinski definition) is 4. The van der Waals surface area contributed by atoms with E-state index in [1.807, 2.05) is 6.92 Å². The molecule has 1 N–H and O–H groups in total. The van der Waals surface area contributed by atoms with Gasteiger partial charge in [-0.1, -0.05) is 43.5 Å². The zero-order chi connectivity index (χ0) is 24.6. The summed E-state index contributed by atoms with van der Waals surface area (Å²) in [4.78, 5) is 33.1. The van der Waals surface area contributed by atoms with Crippen LogP contribution in [0.3, 0.4) is 0 Å². The maximum atomic E-state index is 15.1. The summed E-state index contributed by atoms with van der Waals surface area (Å²) in [5.74, 6) is -0.835. The standard InChI is InChI=1S/C28H30FN3O3/c1-2-35-22-17-15-21(16-18-22)32(28(34)25-14-8-9-19-30-25)26(23-12-6-7-13-24(23)29)27(33)31-20-10-4-3-5-11-20/h6-9,12-20,26H,2-5,10-11H2,1H3,(H,31,33)/t26-/m0/s1. The highest BCUT2D eigenvalue weighted by Gasteiger charge is 2.36. The van der Waals surface area contributed by atoms with Crippen LogP contribution in [-0.4, -0.2) is 29.4 Å². The molecule has 1 aliphatic rings. The van der Waals surface area contributed by atoms with Crippen molar-refractivity contribution in [2.75, 3.05) is 11.5 Å². The maximum absolute atomic E-state index is 15.1. The van der Waals surface area contributed by atoms with Gasteiger partial charge in [-0.25, -0.2) is 4.39 Å². The van der Waals surface area contributed by atoms with Crippen molar-refractivity contribution in [3.8, 4) is 5.75 Å². The normalized spacial score (nSPS) is 14.7. The van der Waals surface area contributed by atoms with Crippen LogP contribution in [0.2, 0.25) is 0 Å². The Labute approximate surface area is 205 Å². The van der Waals surface area contributed by atoms with E-state index < -0.39 is 23.7 Å². The topological polar surface area (TPSA) is 71.5 Å². The average molecular weight is 476 g/mol. The Morgan fingerprint density at radius 1 is 1.03 bits per heavy atom. The van der Waals surface area contributed by atoms with Gasteiger partial charge < -0.3 is 10.1 Å². The summed E-state index contributed by atoms with van der Waals surface area (Å²) in [5.41, 5.74) is 0.725. The average Bonchev–Trinajstić information content (AvgIpc) is 2.89. The number of anilines is 1. The number of carbonyl (C=O) groups is 2. The molecule has 35 heavy (non-hydrogen) atoms. The molecule has 0 spiro atoms. The third-order valence-corrected chi connectivity index (χ3v) is 6.19. The highest BCUT2D eigenvalue weighted by atomic mass is 19.1. The molecule has 7 heteroatoms. The summed E-state index contributed by atoms with van der Waals surface area (Å²) in [6.07, 6.45) is 6.46. The Morgan fingerprint density at radius 3 is 2.40 bits per heavy atom. The Balaban J connectivity index is 1.80. The van der Waals surface area contributed by atoms with Crippen molar-refractivity contribution in [3.63, 3.8) is 0 Å². The monoisotopic (exact) mass is 475 g/mol. The summed E-state index contributed by atoms with van der Waals surface area (Å²) < 4.78 is 20.7. The predicted molar refractivity (Wildman–Crippen MR) is 133 cm³/mol. The van der Waals surface area contributed by atoms with Crippen LogP contribution in [0.1, 0.15) is 61.1 Å². The van der Waals surface area contributed by atoms with Crippen LogP contribution < -0.4 is 15.0 Å². The van der Waals surface area contributed by atoms with Crippen LogP contribution in [-0.2, 0) is 4.79 Å². The third-order valence-electron chi connectivity index (χ3n) is 6.19. The molecule has 2 aromatic carbocycles. The fourth-order valence-corrected chi connectivity index (χ4v) is 4.49. The first-order valence-corrected chi connectivity index (χ1v) is 12.1. The molecule has 0 unspecified atom stereocenters. The van der Waals surface area contributed by atoms with Crippen LogP contribution in [0.5, 0.6) is 5.75 Å². The quantitative estimate of drug-likeness (QED) is 0.470. The third kappa shape index (κ3) is 5.85. The molecule has 1 aromatic heterocycles. The molecule has 2 amide bonds. The number of pyridine rings is 1. The molecule has 3 aromatic rings. The van der Waals surface area contributed by atoms with Gasteiger partial charge in [0.1, 0.15) is 23.3 Å². The molecule has 6 nitrogen and oxygen atoms in total. The van der Waals surface area contributed by atoms with E-state index in [1.54, 1.807) is 60.7 Å². The minimum absolute atomic E-state index is 0.00217. The first-order valence-electron chi connectivity index (χ1n) is 12.1. The zero-order valence-corrected chi connectivity index (χ0v) is 19.8. The first kappa shape index (κ1) is 24.4. The van der Waals surface area contributed by atoms with Crippen LogP contribution >= 0.6 is 0 Å². The number of rotatable bonds is 8. The summed E-state index contributed by atoms with van der Waals surface area (Å²) in [7, 11) is 0. The van der Waals surface area contributed by atoms with Gasteiger partial charge in [-0.05, 0) is 62.2 Å². The van der Waals surface area contributed by atoms with Crippen molar-refractivity contribution < 1.29 is 18.7 Å². The van der Waals surface area contributed by atoms with E-state index in [4.69, 9.17) is 4.74 Å². The number of aromatic nitrogens is 1. The fourth-order valence-electron chi connectivity index (χ4n) is 4.49. The van der Waals surface area contributed by atoms with Crippen LogP contribution in [0.4, 0.5) is 10.1 Å². The molecule has 0 aliphatic heterocycles. The molecule has 182 valence electrons. The molecule has 1 atom stereocenters. The molecule has 4 rings (SSSR count). The number of halogens is 1. The minimum Gasteiger partial charge on any atom is -0.494 e. The summed E-state index contributed by atoms with van der Waals surface area (Å²) >= 11 is 0. The number of nitrogens with one attached hydrogen (secondary N) is 1. The van der Waals surface area contributed by atoms with E-state index in [2.05, 4.69) is 10.3 Å². The molecular weight excluding hydrogens is 445 g/mol. The zero-order valence-electron chi connectivity index (χ0n) is 19.8. The lowest BCUT2D eigenvalue weighted by molar-refractivity contribution is -0.123. The molecule has 1 fully saturated rings. The summed E-state index contributed by atoms with van der Waals surface area (Å²) in [6.45, 7) is 2.38. The SMILES string of the molecule is CCOc1ccc(N(C(=O)c2ccccn2)[C@H](C(=O)NC2CCCCC2)c2ccccc2F)cc1. The summed E-state index contributed by atoms with van der Waals surface area (Å²) in [6, 6.07) is 16.7. The second-order valence-corrected chi connectivity index (χ2v) is 8.58. The Morgan fingerprint density at radius 2 is 1.74 bits per heavy atom. The Kier molecular flexibility index (Phi) is 8.08. The van der Waals surface area contributed by atoms with Crippen molar-refractivity contribution in [3.05, 3.63) is 90.0 Å². The Hall–Kier alpha value is -3.74. The molecule has 0 saturated heterocycles. The van der Waals surface area contributed by atoms with Crippen molar-refractivity contribution in [2.24, 2.45) is 0 Å². The van der Waals surface area contributed by atoms with Crippen molar-refractivity contribution >= 4 is 17.5 Å². The van der Waals surface area contributed by atoms with Gasteiger partial charge in [-0.2, -0.15) is 0 Å². The molecule has 0 bridgehead atoms. The fraction of sp³-hybridized carbons (Fsp3) is 0.321. The Bertz CT molecular complexity index is 1130. The number of benzene rings is 2. The largest absolute Gasteiger partial charge is 0.494 e. The van der Waals surface area contributed by atoms with Crippen LogP contribution in [0.15, 0.2) is 72.9 Å². The van der Waals surface area contributed by atoms with E-state index in [0.717, 1.165) is 32.1 Å². The van der Waals surface area contributed by atoms with Gasteiger partial charge in [0.25, 0.3) is 5.91 Å². The van der Waals surface area contributed by atoms with E-state index in [1.165, 1.54) is 17.2 Å². The number of hydrogen-bond donors (Lipinski definition) is 1. The smallest absolute Gasteiger partial charge is 0.277 e. The number of amides is 2. The lowest BCUT2D eigenvalue weighted by atomic mass is 9.94. The lowest BCUT2D eigenvalue weighted by Crippen LogP contribution is -2.47. The summed E-state index contributed by atoms with van der Waals surface area (Å²) in [5, 5.41) is 3.09. The van der Waals surface area contributed by atoms with Crippen molar-refractivity contribution in [1.29, 1.82) is 0 Å². The minimum atomic E-state index is -1.22. The van der Waals surface area contributed by atoms with Crippen LogP contribution in [0, 0.1) is 5.82 Å². The molecule has 0 radical (unpaired) electrons. The van der Waals surface area contributed by atoms with Gasteiger partial charge in [-0.3, -0.25) is 19.5 Å². The van der Waals surface area contributed by atoms with E-state index in [-0.39, 0.29) is 17.3 Å². The van der Waals surface area contributed by atoms with Gasteiger partial charge in [0.05, 0.1) is 6.61 Å². The van der Waals surface area contributed by atoms with Crippen molar-refractivity contribution in [1.82, 2.24) is 10.3 Å². The van der Waals surface area contributed by atoms with Gasteiger partial charge in [0, 0.05) is 23.5 Å². The number of ether oxygens (including phenoxy) is 1. The maximum Gasteiger partial charge on any atom is 0.277 e. The number of carbonyl (C=O) groups excluding carboxylic acids is 2. The second kappa shape index (κ2) is 11.6.